The van der Waals surface area contributed by atoms with E-state index in [1.807, 2.05) is 24.3 Å². The first kappa shape index (κ1) is 20.2. The molecule has 0 saturated heterocycles. The number of carbonyl (C=O) groups excluding carboxylic acids is 3. The monoisotopic (exact) mass is 368 g/mol. The number of hydrogen-bond acceptors (Lipinski definition) is 4. The number of Topliss-reactive ketones (excluding diaryl/α,β-unsaturated/α-hetero) is 1. The number of nitrogens with zero attached hydrogens (tertiary/aromatic N) is 1. The van der Waals surface area contributed by atoms with Crippen molar-refractivity contribution < 1.29 is 19.1 Å². The van der Waals surface area contributed by atoms with Crippen LogP contribution >= 0.6 is 0 Å². The van der Waals surface area contributed by atoms with Gasteiger partial charge in [-0.3, -0.25) is 14.4 Å². The van der Waals surface area contributed by atoms with Gasteiger partial charge in [0.15, 0.2) is 5.78 Å². The van der Waals surface area contributed by atoms with Gasteiger partial charge in [-0.1, -0.05) is 12.1 Å². The molecular weight excluding hydrogens is 344 g/mol. The SMILES string of the molecule is COc1ccc(CCN(CC(=O)Nc2ccc(C(C)=O)cc2)C(C)=O)cc1. The van der Waals surface area contributed by atoms with Crippen LogP contribution in [0.4, 0.5) is 5.69 Å². The van der Waals surface area contributed by atoms with Crippen LogP contribution in [0.2, 0.25) is 0 Å². The Labute approximate surface area is 159 Å². The highest BCUT2D eigenvalue weighted by atomic mass is 16.5. The van der Waals surface area contributed by atoms with E-state index in [-0.39, 0.29) is 24.1 Å². The molecule has 6 nitrogen and oxygen atoms in total. The molecule has 0 aliphatic rings. The van der Waals surface area contributed by atoms with Gasteiger partial charge < -0.3 is 15.0 Å². The maximum absolute atomic E-state index is 12.3. The average Bonchev–Trinajstić information content (AvgIpc) is 2.65. The predicted octanol–water partition coefficient (Wildman–Crippen LogP) is 2.93. The maximum atomic E-state index is 12.3. The average molecular weight is 368 g/mol. The predicted molar refractivity (Wildman–Crippen MR) is 104 cm³/mol. The fourth-order valence-corrected chi connectivity index (χ4v) is 2.57. The molecule has 0 unspecified atom stereocenters. The van der Waals surface area contributed by atoms with E-state index in [1.54, 1.807) is 31.4 Å². The van der Waals surface area contributed by atoms with Crippen molar-refractivity contribution in [2.24, 2.45) is 0 Å². The van der Waals surface area contributed by atoms with E-state index < -0.39 is 0 Å². The lowest BCUT2D eigenvalue weighted by Gasteiger charge is -2.20. The number of ketones is 1. The summed E-state index contributed by atoms with van der Waals surface area (Å²) in [4.78, 5) is 36.9. The van der Waals surface area contributed by atoms with Gasteiger partial charge in [0.05, 0.1) is 13.7 Å². The third kappa shape index (κ3) is 6.26. The van der Waals surface area contributed by atoms with Crippen molar-refractivity contribution in [1.82, 2.24) is 4.90 Å². The molecule has 0 heterocycles. The standard InChI is InChI=1S/C21H24N2O4/c1-15(24)18-6-8-19(9-7-18)22-21(26)14-23(16(2)25)13-12-17-4-10-20(27-3)11-5-17/h4-11H,12-14H2,1-3H3,(H,22,26). The minimum Gasteiger partial charge on any atom is -0.497 e. The van der Waals surface area contributed by atoms with Crippen molar-refractivity contribution in [2.45, 2.75) is 20.3 Å². The Morgan fingerprint density at radius 3 is 2.11 bits per heavy atom. The quantitative estimate of drug-likeness (QED) is 0.727. The zero-order valence-corrected chi connectivity index (χ0v) is 15.8. The number of carbonyl (C=O) groups is 3. The van der Waals surface area contributed by atoms with E-state index in [4.69, 9.17) is 4.74 Å². The molecule has 0 fully saturated rings. The molecule has 0 aromatic heterocycles. The third-order valence-electron chi connectivity index (χ3n) is 4.18. The maximum Gasteiger partial charge on any atom is 0.243 e. The van der Waals surface area contributed by atoms with Crippen LogP contribution in [0.25, 0.3) is 0 Å². The lowest BCUT2D eigenvalue weighted by molar-refractivity contribution is -0.132. The Hall–Kier alpha value is -3.15. The highest BCUT2D eigenvalue weighted by Crippen LogP contribution is 2.13. The second kappa shape index (κ2) is 9.52. The van der Waals surface area contributed by atoms with E-state index in [1.165, 1.54) is 18.7 Å². The minimum absolute atomic E-state index is 0.0278. The molecule has 0 atom stereocenters. The number of benzene rings is 2. The molecule has 2 amide bonds. The van der Waals surface area contributed by atoms with E-state index >= 15 is 0 Å². The Balaban J connectivity index is 1.90. The van der Waals surface area contributed by atoms with Gasteiger partial charge in [-0.05, 0) is 55.3 Å². The van der Waals surface area contributed by atoms with E-state index in [9.17, 15) is 14.4 Å². The van der Waals surface area contributed by atoms with Crippen LogP contribution in [0.15, 0.2) is 48.5 Å². The number of anilines is 1. The number of rotatable bonds is 8. The van der Waals surface area contributed by atoms with Crippen molar-refractivity contribution in [3.63, 3.8) is 0 Å². The Kier molecular flexibility index (Phi) is 7.11. The zero-order chi connectivity index (χ0) is 19.8. The molecule has 6 heteroatoms. The van der Waals surface area contributed by atoms with Crippen molar-refractivity contribution in [2.75, 3.05) is 25.5 Å². The molecule has 0 spiro atoms. The number of hydrogen-bond donors (Lipinski definition) is 1. The minimum atomic E-state index is -0.282. The first-order chi connectivity index (χ1) is 12.9. The van der Waals surface area contributed by atoms with Gasteiger partial charge in [-0.2, -0.15) is 0 Å². The van der Waals surface area contributed by atoms with E-state index in [0.717, 1.165) is 11.3 Å². The van der Waals surface area contributed by atoms with Crippen LogP contribution in [0.3, 0.4) is 0 Å². The summed E-state index contributed by atoms with van der Waals surface area (Å²) >= 11 is 0. The summed E-state index contributed by atoms with van der Waals surface area (Å²) in [7, 11) is 1.61. The zero-order valence-electron chi connectivity index (χ0n) is 15.8. The summed E-state index contributed by atoms with van der Waals surface area (Å²) in [6.07, 6.45) is 0.643. The molecule has 0 bridgehead atoms. The van der Waals surface area contributed by atoms with Crippen LogP contribution in [0.5, 0.6) is 5.75 Å². The molecule has 142 valence electrons. The fourth-order valence-electron chi connectivity index (χ4n) is 2.57. The molecule has 0 aliphatic heterocycles. The molecule has 0 aliphatic carbocycles. The summed E-state index contributed by atoms with van der Waals surface area (Å²) in [6, 6.07) is 14.3. The first-order valence-corrected chi connectivity index (χ1v) is 8.68. The number of methoxy groups -OCH3 is 1. The highest BCUT2D eigenvalue weighted by Gasteiger charge is 2.14. The molecule has 2 rings (SSSR count). The molecular formula is C21H24N2O4. The highest BCUT2D eigenvalue weighted by molar-refractivity contribution is 5.96. The van der Waals surface area contributed by atoms with Crippen LogP contribution in [0.1, 0.15) is 29.8 Å². The molecule has 0 radical (unpaired) electrons. The van der Waals surface area contributed by atoms with Crippen LogP contribution in [-0.4, -0.2) is 42.7 Å². The van der Waals surface area contributed by atoms with Gasteiger partial charge in [0, 0.05) is 24.7 Å². The molecule has 27 heavy (non-hydrogen) atoms. The molecule has 2 aromatic carbocycles. The summed E-state index contributed by atoms with van der Waals surface area (Å²) in [5.74, 6) is 0.299. The second-order valence-electron chi connectivity index (χ2n) is 6.22. The normalized spacial score (nSPS) is 10.2. The Morgan fingerprint density at radius 2 is 1.59 bits per heavy atom. The van der Waals surface area contributed by atoms with Crippen LogP contribution < -0.4 is 10.1 Å². The Morgan fingerprint density at radius 1 is 0.963 bits per heavy atom. The molecule has 2 aromatic rings. The lowest BCUT2D eigenvalue weighted by Crippen LogP contribution is -2.38. The van der Waals surface area contributed by atoms with Gasteiger partial charge in [-0.25, -0.2) is 0 Å². The number of amides is 2. The van der Waals surface area contributed by atoms with Crippen LogP contribution in [-0.2, 0) is 16.0 Å². The fraction of sp³-hybridized carbons (Fsp3) is 0.286. The summed E-state index contributed by atoms with van der Waals surface area (Å²) in [6.45, 7) is 3.35. The van der Waals surface area contributed by atoms with Gasteiger partial charge >= 0.3 is 0 Å². The van der Waals surface area contributed by atoms with Gasteiger partial charge in [0.2, 0.25) is 11.8 Å². The van der Waals surface area contributed by atoms with Crippen molar-refractivity contribution in [1.29, 1.82) is 0 Å². The van der Waals surface area contributed by atoms with Gasteiger partial charge in [0.1, 0.15) is 5.75 Å². The van der Waals surface area contributed by atoms with Gasteiger partial charge in [0.25, 0.3) is 0 Å². The largest absolute Gasteiger partial charge is 0.497 e. The van der Waals surface area contributed by atoms with Crippen LogP contribution in [0, 0.1) is 0 Å². The van der Waals surface area contributed by atoms with E-state index in [2.05, 4.69) is 5.32 Å². The Bertz CT molecular complexity index is 798. The second-order valence-corrected chi connectivity index (χ2v) is 6.22. The number of ether oxygens (including phenoxy) is 1. The third-order valence-corrected chi connectivity index (χ3v) is 4.18. The molecule has 0 saturated carbocycles. The lowest BCUT2D eigenvalue weighted by atomic mass is 10.1. The number of nitrogens with one attached hydrogen (secondary N) is 1. The van der Waals surface area contributed by atoms with Gasteiger partial charge in [-0.15, -0.1) is 0 Å². The summed E-state index contributed by atoms with van der Waals surface area (Å²) < 4.78 is 5.13. The van der Waals surface area contributed by atoms with E-state index in [0.29, 0.717) is 24.2 Å². The summed E-state index contributed by atoms with van der Waals surface area (Å²) in [5, 5.41) is 2.75. The van der Waals surface area contributed by atoms with Crippen molar-refractivity contribution >= 4 is 23.3 Å². The first-order valence-electron chi connectivity index (χ1n) is 8.68. The molecule has 1 N–H and O–H groups in total. The smallest absolute Gasteiger partial charge is 0.243 e. The topological polar surface area (TPSA) is 75.7 Å². The van der Waals surface area contributed by atoms with Crippen molar-refractivity contribution in [3.8, 4) is 5.75 Å². The summed E-state index contributed by atoms with van der Waals surface area (Å²) in [5.41, 5.74) is 2.23. The van der Waals surface area contributed by atoms with Crippen molar-refractivity contribution in [3.05, 3.63) is 59.7 Å².